The summed E-state index contributed by atoms with van der Waals surface area (Å²) in [6.07, 6.45) is 96.2. The third kappa shape index (κ3) is 69.0. The summed E-state index contributed by atoms with van der Waals surface area (Å²) in [5.74, 6) is -0.965. The van der Waals surface area contributed by atoms with Crippen LogP contribution >= 0.6 is 0 Å². The maximum atomic E-state index is 12.9. The van der Waals surface area contributed by atoms with Gasteiger partial charge in [-0.15, -0.1) is 0 Å². The molecule has 0 aromatic rings. The third-order valence-electron chi connectivity index (χ3n) is 15.5. The lowest BCUT2D eigenvalue weighted by molar-refractivity contribution is -0.167. The second kappa shape index (κ2) is 70.8. The molecule has 0 spiro atoms. The largest absolute Gasteiger partial charge is 0.462 e. The Morgan fingerprint density at radius 3 is 0.831 bits per heavy atom. The van der Waals surface area contributed by atoms with E-state index in [9.17, 15) is 14.4 Å². The fourth-order valence-electron chi connectivity index (χ4n) is 10.2. The standard InChI is InChI=1S/C77H134O6/c1-4-7-10-13-16-19-22-25-27-29-30-31-32-33-34-35-36-37-38-39-40-41-42-43-44-45-46-48-49-52-55-58-61-64-67-70-76(79)82-73-74(72-81-75(78)69-66-63-60-57-54-51-24-21-18-15-12-9-6-3)83-77(80)71-68-65-62-59-56-53-50-47-28-26-23-20-17-14-11-8-5-2/h8,11-12,15,17,20-21,24,26,28-30,50,53,59,62,74H,4-7,9-10,13-14,16,18-19,22-23,25,27,31-49,51-52,54-58,60-61,63-73H2,1-3H3/b11-8-,15-12-,20-17-,24-21-,28-26-,30-29-,53-50-,62-59-. The number of allylic oxidation sites excluding steroid dienone is 16. The first-order valence-corrected chi connectivity index (χ1v) is 35.7. The summed E-state index contributed by atoms with van der Waals surface area (Å²) in [6.45, 7) is 6.44. The SMILES string of the molecule is CC/C=C\C/C=C\C/C=C\C/C=C\C/C=C\CCCC(=O)OC(COC(=O)CCCCCCC/C=C\C/C=C\CCC)COC(=O)CCCCCCCCCCCCCCCCCCCCCCCCC/C=C\CCCCCCCCCC. The zero-order chi connectivity index (χ0) is 59.9. The number of rotatable bonds is 65. The number of carbonyl (C=O) groups excluding carboxylic acids is 3. The maximum absolute atomic E-state index is 12.9. The lowest BCUT2D eigenvalue weighted by Crippen LogP contribution is -2.30. The van der Waals surface area contributed by atoms with Gasteiger partial charge in [0.05, 0.1) is 0 Å². The molecule has 6 heteroatoms. The van der Waals surface area contributed by atoms with Gasteiger partial charge in [-0.25, -0.2) is 0 Å². The molecule has 0 rings (SSSR count). The Hall–Kier alpha value is -3.67. The second-order valence-electron chi connectivity index (χ2n) is 23.8. The van der Waals surface area contributed by atoms with E-state index in [1.165, 1.54) is 199 Å². The molecule has 0 bridgehead atoms. The summed E-state index contributed by atoms with van der Waals surface area (Å²) in [5.41, 5.74) is 0. The number of hydrogen-bond donors (Lipinski definition) is 0. The van der Waals surface area contributed by atoms with Crippen LogP contribution in [-0.4, -0.2) is 37.2 Å². The molecule has 0 aliphatic rings. The normalized spacial score (nSPS) is 12.7. The third-order valence-corrected chi connectivity index (χ3v) is 15.5. The Kier molecular flexibility index (Phi) is 67.7. The quantitative estimate of drug-likeness (QED) is 0.0261. The highest BCUT2D eigenvalue weighted by atomic mass is 16.6. The molecule has 6 nitrogen and oxygen atoms in total. The van der Waals surface area contributed by atoms with Crippen LogP contribution < -0.4 is 0 Å². The molecule has 0 aliphatic heterocycles. The minimum absolute atomic E-state index is 0.103. The molecule has 0 heterocycles. The van der Waals surface area contributed by atoms with E-state index in [2.05, 4.69) is 118 Å². The van der Waals surface area contributed by atoms with Crippen LogP contribution in [0, 0.1) is 0 Å². The molecule has 478 valence electrons. The van der Waals surface area contributed by atoms with E-state index in [1.54, 1.807) is 0 Å². The van der Waals surface area contributed by atoms with Crippen molar-refractivity contribution in [2.24, 2.45) is 0 Å². The van der Waals surface area contributed by atoms with E-state index < -0.39 is 6.10 Å². The van der Waals surface area contributed by atoms with Gasteiger partial charge in [-0.1, -0.05) is 323 Å². The highest BCUT2D eigenvalue weighted by molar-refractivity contribution is 5.71. The molecule has 83 heavy (non-hydrogen) atoms. The van der Waals surface area contributed by atoms with Gasteiger partial charge in [0.25, 0.3) is 0 Å². The van der Waals surface area contributed by atoms with Gasteiger partial charge in [0, 0.05) is 19.3 Å². The van der Waals surface area contributed by atoms with Crippen molar-refractivity contribution in [1.29, 1.82) is 0 Å². The van der Waals surface area contributed by atoms with E-state index in [-0.39, 0.29) is 37.5 Å². The maximum Gasteiger partial charge on any atom is 0.306 e. The van der Waals surface area contributed by atoms with Crippen molar-refractivity contribution in [3.8, 4) is 0 Å². The molecule has 1 atom stereocenters. The van der Waals surface area contributed by atoms with Crippen LogP contribution in [0.15, 0.2) is 97.2 Å². The Labute approximate surface area is 515 Å². The van der Waals surface area contributed by atoms with Crippen LogP contribution in [-0.2, 0) is 28.6 Å². The molecule has 0 aliphatic carbocycles. The Morgan fingerprint density at radius 1 is 0.253 bits per heavy atom. The first-order valence-electron chi connectivity index (χ1n) is 35.7. The first kappa shape index (κ1) is 79.3. The molecule has 0 saturated carbocycles. The molecule has 0 fully saturated rings. The monoisotopic (exact) mass is 1160 g/mol. The van der Waals surface area contributed by atoms with Crippen molar-refractivity contribution >= 4 is 17.9 Å². The molecule has 1 unspecified atom stereocenters. The van der Waals surface area contributed by atoms with Crippen LogP contribution in [0.25, 0.3) is 0 Å². The van der Waals surface area contributed by atoms with Gasteiger partial charge < -0.3 is 14.2 Å². The number of esters is 3. The minimum Gasteiger partial charge on any atom is -0.462 e. The average Bonchev–Trinajstić information content (AvgIpc) is 3.49. The molecule has 0 aromatic carbocycles. The van der Waals surface area contributed by atoms with Crippen LogP contribution in [0.3, 0.4) is 0 Å². The number of carbonyl (C=O) groups is 3. The number of unbranched alkanes of at least 4 members (excludes halogenated alkanes) is 38. The van der Waals surface area contributed by atoms with Gasteiger partial charge >= 0.3 is 17.9 Å². The summed E-state index contributed by atoms with van der Waals surface area (Å²) < 4.78 is 16.9. The molecule has 0 amide bonds. The van der Waals surface area contributed by atoms with E-state index in [0.717, 1.165) is 109 Å². The summed E-state index contributed by atoms with van der Waals surface area (Å²) in [7, 11) is 0. The summed E-state index contributed by atoms with van der Waals surface area (Å²) in [4.78, 5) is 38.3. The summed E-state index contributed by atoms with van der Waals surface area (Å²) in [6, 6.07) is 0. The topological polar surface area (TPSA) is 78.9 Å². The van der Waals surface area contributed by atoms with Crippen molar-refractivity contribution in [3.05, 3.63) is 97.2 Å². The van der Waals surface area contributed by atoms with Gasteiger partial charge in [-0.05, 0) is 109 Å². The molecular weight excluding hydrogens is 1020 g/mol. The highest BCUT2D eigenvalue weighted by Crippen LogP contribution is 2.18. The number of hydrogen-bond acceptors (Lipinski definition) is 6. The van der Waals surface area contributed by atoms with E-state index in [0.29, 0.717) is 19.3 Å². The predicted molar refractivity (Wildman–Crippen MR) is 362 cm³/mol. The number of ether oxygens (including phenoxy) is 3. The van der Waals surface area contributed by atoms with Crippen molar-refractivity contribution in [2.75, 3.05) is 13.2 Å². The van der Waals surface area contributed by atoms with E-state index in [1.807, 2.05) is 0 Å². The second-order valence-corrected chi connectivity index (χ2v) is 23.8. The lowest BCUT2D eigenvalue weighted by Gasteiger charge is -2.18. The van der Waals surface area contributed by atoms with Crippen molar-refractivity contribution in [3.63, 3.8) is 0 Å². The van der Waals surface area contributed by atoms with E-state index in [4.69, 9.17) is 14.2 Å². The smallest absolute Gasteiger partial charge is 0.306 e. The van der Waals surface area contributed by atoms with Crippen molar-refractivity contribution in [2.45, 2.75) is 361 Å². The fourth-order valence-corrected chi connectivity index (χ4v) is 10.2. The lowest BCUT2D eigenvalue weighted by atomic mass is 10.0. The minimum atomic E-state index is -0.814. The van der Waals surface area contributed by atoms with Gasteiger partial charge in [-0.3, -0.25) is 14.4 Å². The Morgan fingerprint density at radius 2 is 0.506 bits per heavy atom. The van der Waals surface area contributed by atoms with Crippen molar-refractivity contribution in [1.82, 2.24) is 0 Å². The van der Waals surface area contributed by atoms with Gasteiger partial charge in [-0.2, -0.15) is 0 Å². The van der Waals surface area contributed by atoms with E-state index >= 15 is 0 Å². The zero-order valence-corrected chi connectivity index (χ0v) is 54.9. The van der Waals surface area contributed by atoms with Crippen LogP contribution in [0.4, 0.5) is 0 Å². The summed E-state index contributed by atoms with van der Waals surface area (Å²) in [5, 5.41) is 0. The van der Waals surface area contributed by atoms with Crippen LogP contribution in [0.1, 0.15) is 355 Å². The van der Waals surface area contributed by atoms with Crippen molar-refractivity contribution < 1.29 is 28.6 Å². The molecular formula is C77H134O6. The predicted octanol–water partition coefficient (Wildman–Crippen LogP) is 24.8. The molecule has 0 radical (unpaired) electrons. The molecule has 0 saturated heterocycles. The summed E-state index contributed by atoms with van der Waals surface area (Å²) >= 11 is 0. The zero-order valence-electron chi connectivity index (χ0n) is 54.9. The van der Waals surface area contributed by atoms with Crippen LogP contribution in [0.2, 0.25) is 0 Å². The van der Waals surface area contributed by atoms with Gasteiger partial charge in [0.1, 0.15) is 13.2 Å². The average molecular weight is 1160 g/mol. The van der Waals surface area contributed by atoms with Gasteiger partial charge in [0.15, 0.2) is 6.10 Å². The van der Waals surface area contributed by atoms with Crippen LogP contribution in [0.5, 0.6) is 0 Å². The first-order chi connectivity index (χ1) is 41.0. The molecule has 0 aromatic heterocycles. The Bertz CT molecular complexity index is 1610. The fraction of sp³-hybridized carbons (Fsp3) is 0.753. The van der Waals surface area contributed by atoms with Gasteiger partial charge in [0.2, 0.25) is 0 Å². The molecule has 0 N–H and O–H groups in total. The Balaban J connectivity index is 4.14. The highest BCUT2D eigenvalue weighted by Gasteiger charge is 2.19.